The smallest absolute Gasteiger partial charge is 0.170 e. The molecule has 3 nitrogen and oxygen atoms in total. The summed E-state index contributed by atoms with van der Waals surface area (Å²) in [6, 6.07) is 19.5. The molecule has 1 fully saturated rings. The number of thiocarbonyl (C=S) groups is 1. The zero-order chi connectivity index (χ0) is 17.6. The van der Waals surface area contributed by atoms with E-state index in [1.165, 1.54) is 17.5 Å². The largest absolute Gasteiger partial charge is 0.362 e. The molecule has 1 aliphatic heterocycles. The topological polar surface area (TPSA) is 27.3 Å². The molecule has 0 unspecified atom stereocenters. The maximum absolute atomic E-state index is 5.43. The van der Waals surface area contributed by atoms with Crippen LogP contribution in [0.2, 0.25) is 0 Å². The van der Waals surface area contributed by atoms with Crippen LogP contribution >= 0.6 is 12.2 Å². The Morgan fingerprint density at radius 2 is 1.88 bits per heavy atom. The lowest BCUT2D eigenvalue weighted by atomic mass is 10.1. The Hall–Kier alpha value is -1.91. The summed E-state index contributed by atoms with van der Waals surface area (Å²) in [5.41, 5.74) is 3.68. The number of benzene rings is 2. The van der Waals surface area contributed by atoms with Crippen LogP contribution in [0.4, 0.5) is 5.69 Å². The van der Waals surface area contributed by atoms with Crippen LogP contribution in [0.3, 0.4) is 0 Å². The van der Waals surface area contributed by atoms with Gasteiger partial charge in [0.15, 0.2) is 5.11 Å². The van der Waals surface area contributed by atoms with Crippen molar-refractivity contribution in [1.29, 1.82) is 0 Å². The van der Waals surface area contributed by atoms with Gasteiger partial charge in [-0.1, -0.05) is 48.0 Å². The number of nitrogens with zero attached hydrogens (tertiary/aromatic N) is 1. The maximum Gasteiger partial charge on any atom is 0.170 e. The molecule has 1 saturated heterocycles. The van der Waals surface area contributed by atoms with Crippen LogP contribution in [0, 0.1) is 12.8 Å². The molecule has 0 bridgehead atoms. The van der Waals surface area contributed by atoms with Gasteiger partial charge >= 0.3 is 0 Å². The second-order valence-electron chi connectivity index (χ2n) is 6.94. The highest BCUT2D eigenvalue weighted by molar-refractivity contribution is 7.80. The zero-order valence-corrected chi connectivity index (χ0v) is 15.9. The van der Waals surface area contributed by atoms with Crippen LogP contribution in [0.25, 0.3) is 0 Å². The van der Waals surface area contributed by atoms with Crippen molar-refractivity contribution < 1.29 is 0 Å². The van der Waals surface area contributed by atoms with Gasteiger partial charge in [-0.2, -0.15) is 0 Å². The van der Waals surface area contributed by atoms with Crippen molar-refractivity contribution in [2.75, 3.05) is 25.0 Å². The predicted molar refractivity (Wildman–Crippen MR) is 110 cm³/mol. The number of rotatable bonds is 5. The van der Waals surface area contributed by atoms with Crippen molar-refractivity contribution in [3.8, 4) is 0 Å². The number of anilines is 1. The molecule has 0 aliphatic carbocycles. The van der Waals surface area contributed by atoms with E-state index in [9.17, 15) is 0 Å². The lowest BCUT2D eigenvalue weighted by Gasteiger charge is -2.25. The number of likely N-dealkylation sites (tertiary alicyclic amines) is 1. The normalized spacial score (nSPS) is 18.7. The van der Waals surface area contributed by atoms with E-state index in [1.54, 1.807) is 0 Å². The summed E-state index contributed by atoms with van der Waals surface area (Å²) in [7, 11) is 0. The molecule has 4 heteroatoms. The molecular formula is C21H27N3S. The lowest BCUT2D eigenvalue weighted by Crippen LogP contribution is -2.34. The van der Waals surface area contributed by atoms with E-state index in [2.05, 4.69) is 84.0 Å². The molecular weight excluding hydrogens is 326 g/mol. The van der Waals surface area contributed by atoms with Gasteiger partial charge in [0, 0.05) is 24.8 Å². The third-order valence-corrected chi connectivity index (χ3v) is 5.25. The first-order valence-electron chi connectivity index (χ1n) is 9.02. The van der Waals surface area contributed by atoms with E-state index < -0.39 is 0 Å². The van der Waals surface area contributed by atoms with E-state index in [4.69, 9.17) is 12.2 Å². The van der Waals surface area contributed by atoms with E-state index >= 15 is 0 Å². The molecule has 2 aromatic rings. The quantitative estimate of drug-likeness (QED) is 0.781. The fourth-order valence-electron chi connectivity index (χ4n) is 3.37. The molecule has 0 spiro atoms. The Morgan fingerprint density at radius 1 is 1.16 bits per heavy atom. The Morgan fingerprint density at radius 3 is 2.60 bits per heavy atom. The third kappa shape index (κ3) is 5.03. The Balaban J connectivity index is 1.44. The number of nitrogens with one attached hydrogen (secondary N) is 2. The minimum absolute atomic E-state index is 0.476. The SMILES string of the molecule is Cc1ccc(NC(=S)NC[C@@H]2CCN([C@@H](C)c3ccccc3)C2)cc1. The molecule has 0 saturated carbocycles. The van der Waals surface area contributed by atoms with E-state index in [0.717, 1.165) is 25.3 Å². The van der Waals surface area contributed by atoms with Gasteiger partial charge in [-0.3, -0.25) is 4.90 Å². The van der Waals surface area contributed by atoms with Crippen molar-refractivity contribution in [2.24, 2.45) is 5.92 Å². The maximum atomic E-state index is 5.43. The third-order valence-electron chi connectivity index (χ3n) is 5.01. The summed E-state index contributed by atoms with van der Waals surface area (Å²) in [5.74, 6) is 0.643. The van der Waals surface area contributed by atoms with Crippen molar-refractivity contribution in [3.05, 3.63) is 65.7 Å². The molecule has 2 aromatic carbocycles. The molecule has 1 heterocycles. The molecule has 2 atom stereocenters. The first-order valence-corrected chi connectivity index (χ1v) is 9.43. The molecule has 3 rings (SSSR count). The standard InChI is InChI=1S/C21H27N3S/c1-16-8-10-20(11-9-16)23-21(25)22-14-18-12-13-24(15-18)17(2)19-6-4-3-5-7-19/h3-11,17-18H,12-15H2,1-2H3,(H2,22,23,25)/t17-,18-/m0/s1. The van der Waals surface area contributed by atoms with Gasteiger partial charge < -0.3 is 10.6 Å². The van der Waals surface area contributed by atoms with Gasteiger partial charge in [0.2, 0.25) is 0 Å². The van der Waals surface area contributed by atoms with Crippen molar-refractivity contribution in [1.82, 2.24) is 10.2 Å². The second kappa shape index (κ2) is 8.45. The van der Waals surface area contributed by atoms with E-state index in [1.807, 2.05) is 0 Å². The first kappa shape index (κ1) is 17.9. The highest BCUT2D eigenvalue weighted by Crippen LogP contribution is 2.26. The minimum Gasteiger partial charge on any atom is -0.362 e. The summed E-state index contributed by atoms with van der Waals surface area (Å²) in [6.45, 7) is 7.59. The van der Waals surface area contributed by atoms with Gasteiger partial charge in [-0.25, -0.2) is 0 Å². The molecule has 1 aliphatic rings. The van der Waals surface area contributed by atoms with Gasteiger partial charge in [0.1, 0.15) is 0 Å². The Labute approximate surface area is 156 Å². The van der Waals surface area contributed by atoms with Gasteiger partial charge in [-0.15, -0.1) is 0 Å². The van der Waals surface area contributed by atoms with Crippen molar-refractivity contribution in [3.63, 3.8) is 0 Å². The monoisotopic (exact) mass is 353 g/mol. The highest BCUT2D eigenvalue weighted by Gasteiger charge is 2.26. The summed E-state index contributed by atoms with van der Waals surface area (Å²) < 4.78 is 0. The van der Waals surface area contributed by atoms with Crippen molar-refractivity contribution in [2.45, 2.75) is 26.3 Å². The number of hydrogen-bond donors (Lipinski definition) is 2. The Bertz CT molecular complexity index is 684. The van der Waals surface area contributed by atoms with Crippen LogP contribution in [-0.2, 0) is 0 Å². The minimum atomic E-state index is 0.476. The van der Waals surface area contributed by atoms with Gasteiger partial charge in [-0.05, 0) is 62.6 Å². The summed E-state index contributed by atoms with van der Waals surface area (Å²) in [4.78, 5) is 2.57. The molecule has 0 radical (unpaired) electrons. The lowest BCUT2D eigenvalue weighted by molar-refractivity contribution is 0.253. The molecule has 0 amide bonds. The predicted octanol–water partition coefficient (Wildman–Crippen LogP) is 4.36. The number of aryl methyl sites for hydroxylation is 1. The fourth-order valence-corrected chi connectivity index (χ4v) is 3.57. The molecule has 25 heavy (non-hydrogen) atoms. The van der Waals surface area contributed by atoms with Crippen molar-refractivity contribution >= 4 is 23.0 Å². The molecule has 132 valence electrons. The van der Waals surface area contributed by atoms with Gasteiger partial charge in [0.05, 0.1) is 0 Å². The van der Waals surface area contributed by atoms with Crippen LogP contribution in [0.15, 0.2) is 54.6 Å². The second-order valence-corrected chi connectivity index (χ2v) is 7.35. The van der Waals surface area contributed by atoms with Crippen LogP contribution in [0.1, 0.15) is 30.5 Å². The first-order chi connectivity index (χ1) is 12.1. The number of hydrogen-bond acceptors (Lipinski definition) is 2. The summed E-state index contributed by atoms with van der Waals surface area (Å²) in [5, 5.41) is 7.35. The Kier molecular flexibility index (Phi) is 6.05. The van der Waals surface area contributed by atoms with Crippen LogP contribution in [0.5, 0.6) is 0 Å². The fraction of sp³-hybridized carbons (Fsp3) is 0.381. The van der Waals surface area contributed by atoms with Gasteiger partial charge in [0.25, 0.3) is 0 Å². The van der Waals surface area contributed by atoms with Crippen LogP contribution in [-0.4, -0.2) is 29.6 Å². The zero-order valence-electron chi connectivity index (χ0n) is 15.0. The summed E-state index contributed by atoms with van der Waals surface area (Å²) in [6.07, 6.45) is 1.22. The molecule has 2 N–H and O–H groups in total. The average molecular weight is 354 g/mol. The molecule has 0 aromatic heterocycles. The van der Waals surface area contributed by atoms with Crippen LogP contribution < -0.4 is 10.6 Å². The summed E-state index contributed by atoms with van der Waals surface area (Å²) >= 11 is 5.43. The highest BCUT2D eigenvalue weighted by atomic mass is 32.1. The van der Waals surface area contributed by atoms with E-state index in [0.29, 0.717) is 17.1 Å². The average Bonchev–Trinajstić information content (AvgIpc) is 3.11. The van der Waals surface area contributed by atoms with E-state index in [-0.39, 0.29) is 0 Å².